The fourth-order valence-electron chi connectivity index (χ4n) is 1.48. The second kappa shape index (κ2) is 5.28. The maximum atomic E-state index is 11.8. The maximum Gasteiger partial charge on any atom is 0.244 e. The number of nitrogens with two attached hydrogens (primary N) is 2. The van der Waals surface area contributed by atoms with E-state index in [2.05, 4.69) is 0 Å². The molecule has 0 fully saturated rings. The number of hydrogen-bond donors (Lipinski definition) is 2. The van der Waals surface area contributed by atoms with Crippen LogP contribution in [0.1, 0.15) is 19.3 Å². The maximum absolute atomic E-state index is 11.8. The summed E-state index contributed by atoms with van der Waals surface area (Å²) < 4.78 is 0. The van der Waals surface area contributed by atoms with Crippen LogP contribution >= 0.6 is 0 Å². The van der Waals surface area contributed by atoms with E-state index < -0.39 is 18.0 Å². The Morgan fingerprint density at radius 2 is 2.31 bits per heavy atom. The van der Waals surface area contributed by atoms with E-state index in [0.29, 0.717) is 6.42 Å². The Morgan fingerprint density at radius 1 is 1.62 bits per heavy atom. The highest BCUT2D eigenvalue weighted by atomic mass is 16.2. The van der Waals surface area contributed by atoms with Crippen LogP contribution in [0.5, 0.6) is 0 Å². The first-order valence-electron chi connectivity index (χ1n) is 4.98. The molecular formula is C10H14N4O2. The zero-order chi connectivity index (χ0) is 12.1. The minimum Gasteiger partial charge on any atom is -0.370 e. The van der Waals surface area contributed by atoms with Crippen molar-refractivity contribution in [3.05, 3.63) is 12.3 Å². The van der Waals surface area contributed by atoms with Crippen LogP contribution in [0.4, 0.5) is 0 Å². The van der Waals surface area contributed by atoms with Gasteiger partial charge in [-0.25, -0.2) is 0 Å². The number of amides is 2. The molecule has 1 unspecified atom stereocenters. The van der Waals surface area contributed by atoms with Gasteiger partial charge in [-0.1, -0.05) is 6.08 Å². The molecule has 16 heavy (non-hydrogen) atoms. The summed E-state index contributed by atoms with van der Waals surface area (Å²) in [7, 11) is 0. The first-order chi connectivity index (χ1) is 7.56. The van der Waals surface area contributed by atoms with Gasteiger partial charge in [0.1, 0.15) is 6.04 Å². The fraction of sp³-hybridized carbons (Fsp3) is 0.500. The van der Waals surface area contributed by atoms with Crippen molar-refractivity contribution in [2.24, 2.45) is 11.5 Å². The lowest BCUT2D eigenvalue weighted by atomic mass is 10.1. The van der Waals surface area contributed by atoms with Crippen LogP contribution in [0.3, 0.4) is 0 Å². The normalized spacial score (nSPS) is 20.5. The molecule has 6 nitrogen and oxygen atoms in total. The van der Waals surface area contributed by atoms with E-state index in [1.54, 1.807) is 12.3 Å². The Hall–Kier alpha value is -1.87. The molecule has 0 aliphatic carbocycles. The quantitative estimate of drug-likeness (QED) is 0.649. The Kier molecular flexibility index (Phi) is 4.03. The molecule has 0 aromatic carbocycles. The van der Waals surface area contributed by atoms with Crippen LogP contribution in [0, 0.1) is 11.3 Å². The van der Waals surface area contributed by atoms with Crippen molar-refractivity contribution in [2.75, 3.05) is 0 Å². The van der Waals surface area contributed by atoms with E-state index in [4.69, 9.17) is 16.7 Å². The summed E-state index contributed by atoms with van der Waals surface area (Å²) in [6.07, 6.45) is 4.09. The van der Waals surface area contributed by atoms with Gasteiger partial charge in [0.25, 0.3) is 0 Å². The molecule has 0 radical (unpaired) electrons. The number of primary amides is 1. The van der Waals surface area contributed by atoms with E-state index in [-0.39, 0.29) is 18.7 Å². The standard InChI is InChI=1S/C10H14N4O2/c11-6-7-2-1-5-14(7)10(16)8(12)3-4-9(13)15/h1,5,7-8H,2-4,12H2,(H2,13,15)/t7?,8-/m0/s1. The molecule has 4 N–H and O–H groups in total. The zero-order valence-corrected chi connectivity index (χ0v) is 8.80. The Morgan fingerprint density at radius 3 is 2.88 bits per heavy atom. The molecule has 0 aromatic heterocycles. The average molecular weight is 222 g/mol. The molecule has 0 saturated heterocycles. The molecule has 0 spiro atoms. The van der Waals surface area contributed by atoms with Gasteiger partial charge in [-0.3, -0.25) is 9.59 Å². The van der Waals surface area contributed by atoms with Crippen molar-refractivity contribution >= 4 is 11.8 Å². The largest absolute Gasteiger partial charge is 0.370 e. The number of carbonyl (C=O) groups is 2. The van der Waals surface area contributed by atoms with Crippen LogP contribution in [0.25, 0.3) is 0 Å². The Bertz CT molecular complexity index is 358. The van der Waals surface area contributed by atoms with Crippen molar-refractivity contribution < 1.29 is 9.59 Å². The number of hydrogen-bond acceptors (Lipinski definition) is 4. The van der Waals surface area contributed by atoms with Gasteiger partial charge >= 0.3 is 0 Å². The third-order valence-corrected chi connectivity index (χ3v) is 2.38. The predicted molar refractivity (Wildman–Crippen MR) is 56.4 cm³/mol. The van der Waals surface area contributed by atoms with Crippen LogP contribution in [0.2, 0.25) is 0 Å². The minimum absolute atomic E-state index is 0.0711. The number of rotatable bonds is 4. The topological polar surface area (TPSA) is 113 Å². The third-order valence-electron chi connectivity index (χ3n) is 2.38. The second-order valence-electron chi connectivity index (χ2n) is 3.62. The molecule has 2 atom stereocenters. The van der Waals surface area contributed by atoms with Crippen LogP contribution in [-0.4, -0.2) is 28.8 Å². The van der Waals surface area contributed by atoms with Crippen LogP contribution < -0.4 is 11.5 Å². The van der Waals surface area contributed by atoms with E-state index in [0.717, 1.165) is 0 Å². The van der Waals surface area contributed by atoms with E-state index in [1.165, 1.54) is 4.90 Å². The van der Waals surface area contributed by atoms with Crippen molar-refractivity contribution in [2.45, 2.75) is 31.3 Å². The highest BCUT2D eigenvalue weighted by Gasteiger charge is 2.28. The van der Waals surface area contributed by atoms with Gasteiger partial charge in [0.2, 0.25) is 11.8 Å². The van der Waals surface area contributed by atoms with Gasteiger partial charge in [0.15, 0.2) is 0 Å². The van der Waals surface area contributed by atoms with Gasteiger partial charge < -0.3 is 16.4 Å². The highest BCUT2D eigenvalue weighted by molar-refractivity contribution is 5.84. The average Bonchev–Trinajstić information content (AvgIpc) is 2.72. The van der Waals surface area contributed by atoms with E-state index >= 15 is 0 Å². The lowest BCUT2D eigenvalue weighted by molar-refractivity contribution is -0.130. The third kappa shape index (κ3) is 2.81. The number of nitriles is 1. The molecular weight excluding hydrogens is 208 g/mol. The summed E-state index contributed by atoms with van der Waals surface area (Å²) in [4.78, 5) is 23.6. The molecule has 0 saturated carbocycles. The van der Waals surface area contributed by atoms with Gasteiger partial charge in [-0.2, -0.15) is 5.26 Å². The summed E-state index contributed by atoms with van der Waals surface area (Å²) in [5, 5.41) is 8.79. The zero-order valence-electron chi connectivity index (χ0n) is 8.80. The monoisotopic (exact) mass is 222 g/mol. The first kappa shape index (κ1) is 12.2. The highest BCUT2D eigenvalue weighted by Crippen LogP contribution is 2.15. The minimum atomic E-state index is -0.786. The first-order valence-corrected chi connectivity index (χ1v) is 4.98. The SMILES string of the molecule is N#CC1CC=CN1C(=O)[C@@H](N)CCC(N)=O. The van der Waals surface area contributed by atoms with Crippen molar-refractivity contribution in [1.82, 2.24) is 4.90 Å². The lowest BCUT2D eigenvalue weighted by Gasteiger charge is -2.21. The van der Waals surface area contributed by atoms with Gasteiger partial charge in [-0.15, -0.1) is 0 Å². The van der Waals surface area contributed by atoms with Crippen LogP contribution in [0.15, 0.2) is 12.3 Å². The fourth-order valence-corrected chi connectivity index (χ4v) is 1.48. The molecule has 6 heteroatoms. The molecule has 1 rings (SSSR count). The Labute approximate surface area is 93.5 Å². The summed E-state index contributed by atoms with van der Waals surface area (Å²) in [6, 6.07) is 0.745. The van der Waals surface area contributed by atoms with Gasteiger partial charge in [-0.05, 0) is 6.42 Å². The van der Waals surface area contributed by atoms with Gasteiger partial charge in [0, 0.05) is 19.0 Å². The summed E-state index contributed by atoms with van der Waals surface area (Å²) in [5.74, 6) is -0.835. The summed E-state index contributed by atoms with van der Waals surface area (Å²) in [6.45, 7) is 0. The van der Waals surface area contributed by atoms with Crippen molar-refractivity contribution in [1.29, 1.82) is 5.26 Å². The number of carbonyl (C=O) groups excluding carboxylic acids is 2. The van der Waals surface area contributed by atoms with Crippen molar-refractivity contribution in [3.8, 4) is 6.07 Å². The smallest absolute Gasteiger partial charge is 0.244 e. The summed E-state index contributed by atoms with van der Waals surface area (Å²) >= 11 is 0. The molecule has 1 aliphatic heterocycles. The Balaban J connectivity index is 2.53. The predicted octanol–water partition coefficient (Wildman–Crippen LogP) is -0.783. The van der Waals surface area contributed by atoms with Crippen molar-refractivity contribution in [3.63, 3.8) is 0 Å². The molecule has 0 aromatic rings. The van der Waals surface area contributed by atoms with Crippen LogP contribution in [-0.2, 0) is 9.59 Å². The second-order valence-corrected chi connectivity index (χ2v) is 3.62. The molecule has 86 valence electrons. The van der Waals surface area contributed by atoms with E-state index in [1.807, 2.05) is 6.07 Å². The molecule has 1 aliphatic rings. The molecule has 0 bridgehead atoms. The van der Waals surface area contributed by atoms with E-state index in [9.17, 15) is 9.59 Å². The number of nitrogens with zero attached hydrogens (tertiary/aromatic N) is 2. The molecule has 2 amide bonds. The summed E-state index contributed by atoms with van der Waals surface area (Å²) in [5.41, 5.74) is 10.6. The molecule has 1 heterocycles. The lowest BCUT2D eigenvalue weighted by Crippen LogP contribution is -2.44. The van der Waals surface area contributed by atoms with Gasteiger partial charge in [0.05, 0.1) is 12.1 Å².